The highest BCUT2D eigenvalue weighted by Crippen LogP contribution is 2.19. The molecule has 0 aromatic carbocycles. The lowest BCUT2D eigenvalue weighted by Gasteiger charge is -2.29. The molecule has 1 heterocycles. The van der Waals surface area contributed by atoms with Crippen LogP contribution < -0.4 is 5.32 Å². The molecular formula is C10H19NO4S. The third kappa shape index (κ3) is 3.18. The first kappa shape index (κ1) is 13.4. The normalized spacial score (nSPS) is 27.5. The van der Waals surface area contributed by atoms with Gasteiger partial charge in [0, 0.05) is 6.04 Å². The van der Waals surface area contributed by atoms with Crippen LogP contribution in [-0.4, -0.2) is 42.6 Å². The molecule has 0 aromatic rings. The summed E-state index contributed by atoms with van der Waals surface area (Å²) in [5.74, 6) is -0.704. The van der Waals surface area contributed by atoms with Crippen LogP contribution >= 0.6 is 0 Å². The first-order valence-corrected chi connectivity index (χ1v) is 7.33. The van der Waals surface area contributed by atoms with Crippen molar-refractivity contribution in [3.63, 3.8) is 0 Å². The van der Waals surface area contributed by atoms with E-state index in [1.54, 1.807) is 6.92 Å². The summed E-state index contributed by atoms with van der Waals surface area (Å²) in [5.41, 5.74) is -1.01. The highest BCUT2D eigenvalue weighted by atomic mass is 32.2. The minimum absolute atomic E-state index is 0.0551. The van der Waals surface area contributed by atoms with Gasteiger partial charge in [-0.1, -0.05) is 13.3 Å². The molecule has 0 saturated carbocycles. The number of carboxylic acid groups (broad SMARTS) is 1. The molecule has 0 radical (unpaired) electrons. The van der Waals surface area contributed by atoms with Gasteiger partial charge < -0.3 is 5.11 Å². The summed E-state index contributed by atoms with van der Waals surface area (Å²) >= 11 is 0. The molecular weight excluding hydrogens is 230 g/mol. The predicted molar refractivity (Wildman–Crippen MR) is 61.1 cm³/mol. The van der Waals surface area contributed by atoms with E-state index in [0.717, 1.165) is 6.42 Å². The topological polar surface area (TPSA) is 83.5 Å². The van der Waals surface area contributed by atoms with Crippen LogP contribution in [0.5, 0.6) is 0 Å². The predicted octanol–water partition coefficient (Wildman–Crippen LogP) is 0.407. The Morgan fingerprint density at radius 1 is 1.56 bits per heavy atom. The van der Waals surface area contributed by atoms with Gasteiger partial charge >= 0.3 is 5.97 Å². The first-order chi connectivity index (χ1) is 7.29. The SMILES string of the molecule is CCCC(C)(NC1CCS(=O)(=O)C1)C(=O)O. The van der Waals surface area contributed by atoms with Crippen molar-refractivity contribution in [3.05, 3.63) is 0 Å². The molecule has 6 heteroatoms. The Labute approximate surface area is 96.1 Å². The third-order valence-electron chi connectivity index (χ3n) is 2.98. The summed E-state index contributed by atoms with van der Waals surface area (Å²) in [6, 6.07) is -0.224. The lowest BCUT2D eigenvalue weighted by atomic mass is 9.95. The van der Waals surface area contributed by atoms with Crippen molar-refractivity contribution < 1.29 is 18.3 Å². The molecule has 0 spiro atoms. The molecule has 0 bridgehead atoms. The Kier molecular flexibility index (Phi) is 3.96. The fourth-order valence-corrected chi connectivity index (χ4v) is 3.77. The Balaban J connectivity index is 2.67. The largest absolute Gasteiger partial charge is 0.480 e. The molecule has 94 valence electrons. The van der Waals surface area contributed by atoms with Crippen molar-refractivity contribution in [2.45, 2.75) is 44.7 Å². The standard InChI is InChI=1S/C10H19NO4S/c1-3-5-10(2,9(12)13)11-8-4-6-16(14,15)7-8/h8,11H,3-7H2,1-2H3,(H,12,13). The number of carboxylic acids is 1. The Morgan fingerprint density at radius 2 is 2.19 bits per heavy atom. The summed E-state index contributed by atoms with van der Waals surface area (Å²) in [5, 5.41) is 12.1. The minimum atomic E-state index is -2.96. The molecule has 1 aliphatic heterocycles. The van der Waals surface area contributed by atoms with Gasteiger partial charge in [0.15, 0.2) is 9.84 Å². The van der Waals surface area contributed by atoms with E-state index in [0.29, 0.717) is 12.8 Å². The van der Waals surface area contributed by atoms with E-state index in [2.05, 4.69) is 5.32 Å². The smallest absolute Gasteiger partial charge is 0.323 e. The third-order valence-corrected chi connectivity index (χ3v) is 4.75. The molecule has 5 nitrogen and oxygen atoms in total. The van der Waals surface area contributed by atoms with E-state index in [9.17, 15) is 13.2 Å². The van der Waals surface area contributed by atoms with Crippen LogP contribution in [-0.2, 0) is 14.6 Å². The lowest BCUT2D eigenvalue weighted by Crippen LogP contribution is -2.54. The molecule has 0 amide bonds. The van der Waals surface area contributed by atoms with E-state index in [1.165, 1.54) is 0 Å². The van der Waals surface area contributed by atoms with Crippen molar-refractivity contribution in [3.8, 4) is 0 Å². The zero-order valence-corrected chi connectivity index (χ0v) is 10.5. The second-order valence-electron chi connectivity index (χ2n) is 4.63. The molecule has 1 rings (SSSR count). The van der Waals surface area contributed by atoms with Gasteiger partial charge in [-0.15, -0.1) is 0 Å². The number of sulfone groups is 1. The molecule has 2 N–H and O–H groups in total. The number of nitrogens with one attached hydrogen (secondary N) is 1. The Morgan fingerprint density at radius 3 is 2.56 bits per heavy atom. The lowest BCUT2D eigenvalue weighted by molar-refractivity contribution is -0.144. The number of carbonyl (C=O) groups is 1. The molecule has 16 heavy (non-hydrogen) atoms. The zero-order chi connectivity index (χ0) is 12.4. The van der Waals surface area contributed by atoms with Crippen molar-refractivity contribution in [1.82, 2.24) is 5.32 Å². The van der Waals surface area contributed by atoms with Crippen molar-refractivity contribution in [2.24, 2.45) is 0 Å². The van der Waals surface area contributed by atoms with E-state index in [1.807, 2.05) is 6.92 Å². The second-order valence-corrected chi connectivity index (χ2v) is 6.86. The Bertz CT molecular complexity index is 365. The summed E-state index contributed by atoms with van der Waals surface area (Å²) in [6.45, 7) is 3.53. The molecule has 2 unspecified atom stereocenters. The molecule has 1 saturated heterocycles. The first-order valence-electron chi connectivity index (χ1n) is 5.50. The van der Waals surface area contributed by atoms with E-state index in [4.69, 9.17) is 5.11 Å². The van der Waals surface area contributed by atoms with Gasteiger partial charge in [0.25, 0.3) is 0 Å². The van der Waals surface area contributed by atoms with Crippen LogP contribution in [0.4, 0.5) is 0 Å². The number of rotatable bonds is 5. The van der Waals surface area contributed by atoms with Gasteiger partial charge in [0.2, 0.25) is 0 Å². The summed E-state index contributed by atoms with van der Waals surface area (Å²) in [4.78, 5) is 11.1. The summed E-state index contributed by atoms with van der Waals surface area (Å²) in [6.07, 6.45) is 1.75. The van der Waals surface area contributed by atoms with Gasteiger partial charge in [-0.25, -0.2) is 8.42 Å². The zero-order valence-electron chi connectivity index (χ0n) is 9.69. The fourth-order valence-electron chi connectivity index (χ4n) is 2.10. The van der Waals surface area contributed by atoms with Crippen molar-refractivity contribution in [1.29, 1.82) is 0 Å². The number of hydrogen-bond acceptors (Lipinski definition) is 4. The highest BCUT2D eigenvalue weighted by Gasteiger charge is 2.38. The van der Waals surface area contributed by atoms with Gasteiger partial charge in [0.1, 0.15) is 5.54 Å². The fraction of sp³-hybridized carbons (Fsp3) is 0.900. The summed E-state index contributed by atoms with van der Waals surface area (Å²) in [7, 11) is -2.96. The van der Waals surface area contributed by atoms with Crippen molar-refractivity contribution in [2.75, 3.05) is 11.5 Å². The van der Waals surface area contributed by atoms with Gasteiger partial charge in [-0.2, -0.15) is 0 Å². The van der Waals surface area contributed by atoms with Crippen LogP contribution in [0.3, 0.4) is 0 Å². The van der Waals surface area contributed by atoms with Crippen LogP contribution in [0.15, 0.2) is 0 Å². The average molecular weight is 249 g/mol. The molecule has 0 aliphatic carbocycles. The highest BCUT2D eigenvalue weighted by molar-refractivity contribution is 7.91. The maximum absolute atomic E-state index is 11.3. The maximum Gasteiger partial charge on any atom is 0.323 e. The van der Waals surface area contributed by atoms with E-state index < -0.39 is 21.3 Å². The summed E-state index contributed by atoms with van der Waals surface area (Å²) < 4.78 is 22.5. The minimum Gasteiger partial charge on any atom is -0.480 e. The molecule has 0 aromatic heterocycles. The van der Waals surface area contributed by atoms with E-state index >= 15 is 0 Å². The van der Waals surface area contributed by atoms with Crippen LogP contribution in [0, 0.1) is 0 Å². The van der Waals surface area contributed by atoms with Gasteiger partial charge in [0.05, 0.1) is 11.5 Å². The average Bonchev–Trinajstić information content (AvgIpc) is 2.45. The molecule has 1 aliphatic rings. The van der Waals surface area contributed by atoms with Gasteiger partial charge in [-0.05, 0) is 19.8 Å². The quantitative estimate of drug-likeness (QED) is 0.737. The van der Waals surface area contributed by atoms with Crippen molar-refractivity contribution >= 4 is 15.8 Å². The van der Waals surface area contributed by atoms with Crippen LogP contribution in [0.2, 0.25) is 0 Å². The molecule has 1 fully saturated rings. The molecule has 2 atom stereocenters. The number of aliphatic carboxylic acids is 1. The van der Waals surface area contributed by atoms with E-state index in [-0.39, 0.29) is 17.5 Å². The van der Waals surface area contributed by atoms with Crippen LogP contribution in [0.1, 0.15) is 33.1 Å². The maximum atomic E-state index is 11.3. The second kappa shape index (κ2) is 4.71. The monoisotopic (exact) mass is 249 g/mol. The number of hydrogen-bond donors (Lipinski definition) is 2. The Hall–Kier alpha value is -0.620. The van der Waals surface area contributed by atoms with Gasteiger partial charge in [-0.3, -0.25) is 10.1 Å². The van der Waals surface area contributed by atoms with Crippen LogP contribution in [0.25, 0.3) is 0 Å².